The highest BCUT2D eigenvalue weighted by molar-refractivity contribution is 7.13. The van der Waals surface area contributed by atoms with E-state index in [0.29, 0.717) is 12.1 Å². The van der Waals surface area contributed by atoms with E-state index in [9.17, 15) is 9.90 Å². The minimum absolute atomic E-state index is 0.0331. The minimum Gasteiger partial charge on any atom is -0.396 e. The summed E-state index contributed by atoms with van der Waals surface area (Å²) >= 11 is 1.70. The summed E-state index contributed by atoms with van der Waals surface area (Å²) in [4.78, 5) is 15.8. The van der Waals surface area contributed by atoms with Crippen molar-refractivity contribution >= 4 is 17.2 Å². The number of amides is 1. The summed E-state index contributed by atoms with van der Waals surface area (Å²) in [5, 5.41) is 11.9. The molecule has 1 aromatic carbocycles. The summed E-state index contributed by atoms with van der Waals surface area (Å²) in [5.74, 6) is 0.0331. The van der Waals surface area contributed by atoms with Crippen molar-refractivity contribution in [2.45, 2.75) is 32.6 Å². The summed E-state index contributed by atoms with van der Waals surface area (Å²) < 4.78 is 0. The lowest BCUT2D eigenvalue weighted by Gasteiger charge is -2.32. The molecule has 1 N–H and O–H groups in total. The van der Waals surface area contributed by atoms with E-state index in [1.54, 1.807) is 16.2 Å². The van der Waals surface area contributed by atoms with Crippen LogP contribution in [-0.4, -0.2) is 36.1 Å². The summed E-state index contributed by atoms with van der Waals surface area (Å²) in [7, 11) is 1.85. The Labute approximate surface area is 147 Å². The van der Waals surface area contributed by atoms with E-state index in [2.05, 4.69) is 24.4 Å². The molecule has 128 valence electrons. The summed E-state index contributed by atoms with van der Waals surface area (Å²) in [6.07, 6.45) is 4.32. The van der Waals surface area contributed by atoms with Crippen molar-refractivity contribution in [3.63, 3.8) is 0 Å². The number of aryl methyl sites for hydroxylation is 1. The van der Waals surface area contributed by atoms with Crippen molar-refractivity contribution in [3.8, 4) is 10.4 Å². The van der Waals surface area contributed by atoms with Crippen LogP contribution in [0.2, 0.25) is 0 Å². The predicted molar refractivity (Wildman–Crippen MR) is 99.4 cm³/mol. The third-order valence-electron chi connectivity index (χ3n) is 5.15. The van der Waals surface area contributed by atoms with E-state index < -0.39 is 0 Å². The van der Waals surface area contributed by atoms with Gasteiger partial charge in [-0.25, -0.2) is 0 Å². The van der Waals surface area contributed by atoms with Crippen LogP contribution >= 0.6 is 11.3 Å². The Morgan fingerprint density at radius 3 is 2.67 bits per heavy atom. The van der Waals surface area contributed by atoms with Crippen LogP contribution in [0.3, 0.4) is 0 Å². The Hall–Kier alpha value is -1.65. The topological polar surface area (TPSA) is 40.5 Å². The normalized spacial score (nSPS) is 16.3. The highest BCUT2D eigenvalue weighted by Crippen LogP contribution is 2.38. The molecule has 0 bridgehead atoms. The molecule has 0 saturated heterocycles. The van der Waals surface area contributed by atoms with E-state index >= 15 is 0 Å². The first-order chi connectivity index (χ1) is 11.5. The Bertz CT molecular complexity index is 716. The van der Waals surface area contributed by atoms with Gasteiger partial charge in [-0.1, -0.05) is 25.0 Å². The number of aliphatic hydroxyl groups excluding tert-OH is 1. The number of aliphatic hydroxyl groups is 1. The summed E-state index contributed by atoms with van der Waals surface area (Å²) in [6.45, 7) is 2.89. The first-order valence-electron chi connectivity index (χ1n) is 8.55. The maximum absolute atomic E-state index is 12.8. The van der Waals surface area contributed by atoms with Crippen molar-refractivity contribution < 1.29 is 9.90 Å². The lowest BCUT2D eigenvalue weighted by atomic mass is 9.86. The molecule has 1 aliphatic carbocycles. The number of hydrogen-bond donors (Lipinski definition) is 1. The van der Waals surface area contributed by atoms with Gasteiger partial charge >= 0.3 is 0 Å². The van der Waals surface area contributed by atoms with Gasteiger partial charge in [-0.3, -0.25) is 4.79 Å². The second kappa shape index (κ2) is 7.08. The Morgan fingerprint density at radius 1 is 1.29 bits per heavy atom. The lowest BCUT2D eigenvalue weighted by molar-refractivity contribution is 0.0595. The van der Waals surface area contributed by atoms with Gasteiger partial charge in [-0.2, -0.15) is 0 Å². The largest absolute Gasteiger partial charge is 0.396 e. The first kappa shape index (κ1) is 17.2. The molecular formula is C20H25NO2S. The quantitative estimate of drug-likeness (QED) is 0.877. The standard InChI is InChI=1S/C20H25NO2S/c1-15-8-11-24-18(15)16-6-5-7-17(12-16)19(23)21(2)13-20(14-22)9-3-4-10-20/h5-8,11-12,22H,3-4,9-10,13-14H2,1-2H3. The third-order valence-corrected chi connectivity index (χ3v) is 6.22. The number of carbonyl (C=O) groups is 1. The van der Waals surface area contributed by atoms with Crippen LogP contribution in [0.5, 0.6) is 0 Å². The SMILES string of the molecule is Cc1ccsc1-c1cccc(C(=O)N(C)CC2(CO)CCCC2)c1. The van der Waals surface area contributed by atoms with Crippen molar-refractivity contribution in [2.24, 2.45) is 5.41 Å². The number of rotatable bonds is 5. The fourth-order valence-electron chi connectivity index (χ4n) is 3.75. The van der Waals surface area contributed by atoms with E-state index in [-0.39, 0.29) is 17.9 Å². The van der Waals surface area contributed by atoms with Crippen LogP contribution in [0.4, 0.5) is 0 Å². The number of hydrogen-bond acceptors (Lipinski definition) is 3. The van der Waals surface area contributed by atoms with Gasteiger partial charge in [0.15, 0.2) is 0 Å². The van der Waals surface area contributed by atoms with Crippen LogP contribution in [0, 0.1) is 12.3 Å². The van der Waals surface area contributed by atoms with Gasteiger partial charge in [0.05, 0.1) is 6.61 Å². The minimum atomic E-state index is -0.105. The van der Waals surface area contributed by atoms with Gasteiger partial charge in [0, 0.05) is 29.4 Å². The van der Waals surface area contributed by atoms with Gasteiger partial charge in [-0.15, -0.1) is 11.3 Å². The molecule has 1 heterocycles. The smallest absolute Gasteiger partial charge is 0.253 e. The lowest BCUT2D eigenvalue weighted by Crippen LogP contribution is -2.39. The third kappa shape index (κ3) is 3.40. The molecule has 0 atom stereocenters. The van der Waals surface area contributed by atoms with Crippen molar-refractivity contribution in [1.82, 2.24) is 4.90 Å². The molecule has 0 aliphatic heterocycles. The zero-order chi connectivity index (χ0) is 17.2. The maximum atomic E-state index is 12.8. The molecule has 0 spiro atoms. The zero-order valence-electron chi connectivity index (χ0n) is 14.4. The summed E-state index contributed by atoms with van der Waals surface area (Å²) in [5.41, 5.74) is 2.95. The molecule has 1 saturated carbocycles. The van der Waals surface area contributed by atoms with E-state index in [4.69, 9.17) is 0 Å². The zero-order valence-corrected chi connectivity index (χ0v) is 15.2. The molecule has 1 fully saturated rings. The molecule has 24 heavy (non-hydrogen) atoms. The number of nitrogens with zero attached hydrogens (tertiary/aromatic N) is 1. The van der Waals surface area contributed by atoms with E-state index in [0.717, 1.165) is 31.2 Å². The van der Waals surface area contributed by atoms with Gasteiger partial charge in [0.25, 0.3) is 5.91 Å². The van der Waals surface area contributed by atoms with Crippen LogP contribution < -0.4 is 0 Å². The average molecular weight is 343 g/mol. The van der Waals surface area contributed by atoms with Crippen molar-refractivity contribution in [2.75, 3.05) is 20.2 Å². The van der Waals surface area contributed by atoms with Gasteiger partial charge in [-0.05, 0) is 54.5 Å². The first-order valence-corrected chi connectivity index (χ1v) is 9.43. The predicted octanol–water partition coefficient (Wildman–Crippen LogP) is 4.35. The highest BCUT2D eigenvalue weighted by atomic mass is 32.1. The van der Waals surface area contributed by atoms with Crippen LogP contribution in [0.15, 0.2) is 35.7 Å². The van der Waals surface area contributed by atoms with Gasteiger partial charge in [0.2, 0.25) is 0 Å². The van der Waals surface area contributed by atoms with Crippen LogP contribution in [-0.2, 0) is 0 Å². The van der Waals surface area contributed by atoms with Crippen LogP contribution in [0.1, 0.15) is 41.6 Å². The number of thiophene rings is 1. The Kier molecular flexibility index (Phi) is 5.07. The monoisotopic (exact) mass is 343 g/mol. The van der Waals surface area contributed by atoms with Crippen LogP contribution in [0.25, 0.3) is 10.4 Å². The molecule has 3 nitrogen and oxygen atoms in total. The maximum Gasteiger partial charge on any atom is 0.253 e. The molecule has 1 aliphatic rings. The molecule has 4 heteroatoms. The molecule has 2 aromatic rings. The Morgan fingerprint density at radius 2 is 2.04 bits per heavy atom. The summed E-state index contributed by atoms with van der Waals surface area (Å²) in [6, 6.07) is 9.98. The number of carbonyl (C=O) groups excluding carboxylic acids is 1. The average Bonchev–Trinajstić information content (AvgIpc) is 3.23. The molecular weight excluding hydrogens is 318 g/mol. The Balaban J connectivity index is 1.78. The van der Waals surface area contributed by atoms with Gasteiger partial charge < -0.3 is 10.0 Å². The molecule has 1 aromatic heterocycles. The van der Waals surface area contributed by atoms with Gasteiger partial charge in [0.1, 0.15) is 0 Å². The number of benzene rings is 1. The fourth-order valence-corrected chi connectivity index (χ4v) is 4.67. The highest BCUT2D eigenvalue weighted by Gasteiger charge is 2.35. The van der Waals surface area contributed by atoms with Crippen molar-refractivity contribution in [1.29, 1.82) is 0 Å². The molecule has 0 unspecified atom stereocenters. The van der Waals surface area contributed by atoms with E-state index in [1.165, 1.54) is 10.4 Å². The fraction of sp³-hybridized carbons (Fsp3) is 0.450. The molecule has 0 radical (unpaired) electrons. The second-order valence-corrected chi connectivity index (χ2v) is 7.96. The second-order valence-electron chi connectivity index (χ2n) is 7.04. The molecule has 3 rings (SSSR count). The van der Waals surface area contributed by atoms with Crippen molar-refractivity contribution in [3.05, 3.63) is 46.8 Å². The van der Waals surface area contributed by atoms with E-state index in [1.807, 2.05) is 25.2 Å². The molecule has 1 amide bonds.